The fourth-order valence-corrected chi connectivity index (χ4v) is 2.81. The number of benzene rings is 1. The molecule has 0 bridgehead atoms. The number of amides is 2. The number of hydrogen-bond acceptors (Lipinski definition) is 5. The molecule has 0 fully saturated rings. The van der Waals surface area contributed by atoms with E-state index >= 15 is 0 Å². The quantitative estimate of drug-likeness (QED) is 0.661. The van der Waals surface area contributed by atoms with Gasteiger partial charge in [-0.15, -0.1) is 0 Å². The van der Waals surface area contributed by atoms with Gasteiger partial charge in [0.2, 0.25) is 5.91 Å². The summed E-state index contributed by atoms with van der Waals surface area (Å²) < 4.78 is 5.30. The second kappa shape index (κ2) is 9.86. The number of carbonyl (C=O) groups excluding carboxylic acids is 3. The number of nitrogens with one attached hydrogen (secondary N) is 2. The van der Waals surface area contributed by atoms with Crippen molar-refractivity contribution < 1.29 is 19.1 Å². The number of imidazole rings is 1. The van der Waals surface area contributed by atoms with E-state index in [4.69, 9.17) is 4.74 Å². The van der Waals surface area contributed by atoms with E-state index in [1.54, 1.807) is 34.0 Å². The van der Waals surface area contributed by atoms with Gasteiger partial charge in [-0.1, -0.05) is 30.3 Å². The Bertz CT molecular complexity index is 800. The molecule has 0 aliphatic heterocycles. The van der Waals surface area contributed by atoms with Gasteiger partial charge in [0.1, 0.15) is 17.9 Å². The van der Waals surface area contributed by atoms with Gasteiger partial charge < -0.3 is 24.7 Å². The summed E-state index contributed by atoms with van der Waals surface area (Å²) in [6.45, 7) is 5.25. The lowest BCUT2D eigenvalue weighted by Gasteiger charge is -2.29. The molecule has 0 aliphatic rings. The average molecular weight is 400 g/mol. The first-order valence-corrected chi connectivity index (χ1v) is 9.42. The summed E-state index contributed by atoms with van der Waals surface area (Å²) in [5.41, 5.74) is 0.926. The summed E-state index contributed by atoms with van der Waals surface area (Å²) in [5.74, 6) is -0.378. The molecule has 1 aromatic carbocycles. The van der Waals surface area contributed by atoms with Crippen molar-refractivity contribution in [3.63, 3.8) is 0 Å². The van der Waals surface area contributed by atoms with Gasteiger partial charge in [-0.3, -0.25) is 4.79 Å². The Kier molecular flexibility index (Phi) is 7.52. The third-order valence-electron chi connectivity index (χ3n) is 4.26. The monoisotopic (exact) mass is 400 g/mol. The van der Waals surface area contributed by atoms with E-state index in [1.165, 1.54) is 11.2 Å². The number of aromatic nitrogens is 2. The normalized spacial score (nSPS) is 13.2. The largest absolute Gasteiger partial charge is 0.444 e. The number of rotatable bonds is 8. The predicted molar refractivity (Wildman–Crippen MR) is 108 cm³/mol. The van der Waals surface area contributed by atoms with Gasteiger partial charge in [0.25, 0.3) is 0 Å². The second-order valence-corrected chi connectivity index (χ2v) is 7.82. The first-order chi connectivity index (χ1) is 13.7. The van der Waals surface area contributed by atoms with Crippen molar-refractivity contribution in [1.29, 1.82) is 0 Å². The topological polar surface area (TPSA) is 104 Å². The highest BCUT2D eigenvalue weighted by Gasteiger charge is 2.30. The van der Waals surface area contributed by atoms with Gasteiger partial charge in [-0.2, -0.15) is 0 Å². The van der Waals surface area contributed by atoms with E-state index in [9.17, 15) is 14.4 Å². The zero-order valence-electron chi connectivity index (χ0n) is 17.2. The van der Waals surface area contributed by atoms with Crippen molar-refractivity contribution in [2.24, 2.45) is 0 Å². The number of aromatic amines is 1. The maximum atomic E-state index is 13.1. The number of alkyl carbamates (subject to hydrolysis) is 1. The fourth-order valence-electron chi connectivity index (χ4n) is 2.81. The molecule has 0 saturated heterocycles. The smallest absolute Gasteiger partial charge is 0.408 e. The average Bonchev–Trinajstić information content (AvgIpc) is 3.17. The van der Waals surface area contributed by atoms with Crippen molar-refractivity contribution in [2.45, 2.75) is 51.3 Å². The SMILES string of the molecule is CN(C(=O)[C@H](Cc1ccccc1)NC(=O)OC(C)(C)C)[C@H](C=O)Cc1cnc[nH]1. The third-order valence-corrected chi connectivity index (χ3v) is 4.26. The summed E-state index contributed by atoms with van der Waals surface area (Å²) >= 11 is 0. The first-order valence-electron chi connectivity index (χ1n) is 9.42. The van der Waals surface area contributed by atoms with Crippen LogP contribution in [0, 0.1) is 0 Å². The number of carbonyl (C=O) groups is 3. The zero-order valence-corrected chi connectivity index (χ0v) is 17.2. The number of likely N-dealkylation sites (N-methyl/N-ethyl adjacent to an activating group) is 1. The van der Waals surface area contributed by atoms with Gasteiger partial charge in [0.15, 0.2) is 0 Å². The van der Waals surface area contributed by atoms with Crippen molar-refractivity contribution in [2.75, 3.05) is 7.05 Å². The van der Waals surface area contributed by atoms with E-state index < -0.39 is 23.8 Å². The molecule has 2 rings (SSSR count). The number of ether oxygens (including phenoxy) is 1. The molecule has 8 heteroatoms. The standard InChI is InChI=1S/C21H28N4O4/c1-21(2,3)29-20(28)24-18(10-15-8-6-5-7-9-15)19(27)25(4)17(13-26)11-16-12-22-14-23-16/h5-9,12-14,17-18H,10-11H2,1-4H3,(H,22,23)(H,24,28)/t17-,18-/m0/s1. The molecular formula is C21H28N4O4. The molecule has 2 amide bonds. The highest BCUT2D eigenvalue weighted by molar-refractivity contribution is 5.87. The van der Waals surface area contributed by atoms with Crippen LogP contribution in [0.1, 0.15) is 32.0 Å². The molecule has 29 heavy (non-hydrogen) atoms. The number of nitrogens with zero attached hydrogens (tertiary/aromatic N) is 2. The van der Waals surface area contributed by atoms with Gasteiger partial charge in [0.05, 0.1) is 12.4 Å². The van der Waals surface area contributed by atoms with Crippen molar-refractivity contribution >= 4 is 18.3 Å². The van der Waals surface area contributed by atoms with Crippen molar-refractivity contribution in [3.05, 3.63) is 54.1 Å². The molecule has 1 heterocycles. The lowest BCUT2D eigenvalue weighted by atomic mass is 10.0. The van der Waals surface area contributed by atoms with Crippen LogP contribution in [0.2, 0.25) is 0 Å². The minimum Gasteiger partial charge on any atom is -0.444 e. The van der Waals surface area contributed by atoms with Gasteiger partial charge in [-0.05, 0) is 26.3 Å². The summed E-state index contributed by atoms with van der Waals surface area (Å²) in [5, 5.41) is 2.65. The van der Waals surface area contributed by atoms with Crippen molar-refractivity contribution in [3.8, 4) is 0 Å². The van der Waals surface area contributed by atoms with Crippen molar-refractivity contribution in [1.82, 2.24) is 20.2 Å². The molecule has 2 aromatic rings. The molecule has 1 aromatic heterocycles. The van der Waals surface area contributed by atoms with Crippen LogP contribution < -0.4 is 5.32 Å². The molecule has 0 radical (unpaired) electrons. The molecule has 156 valence electrons. The minimum atomic E-state index is -0.874. The highest BCUT2D eigenvalue weighted by Crippen LogP contribution is 2.12. The lowest BCUT2D eigenvalue weighted by Crippen LogP contribution is -2.53. The summed E-state index contributed by atoms with van der Waals surface area (Å²) in [4.78, 5) is 45.3. The van der Waals surface area contributed by atoms with Crippen LogP contribution in [-0.2, 0) is 27.2 Å². The zero-order chi connectivity index (χ0) is 21.4. The Labute approximate surface area is 170 Å². The molecule has 0 aliphatic carbocycles. The maximum absolute atomic E-state index is 13.1. The molecule has 0 saturated carbocycles. The molecule has 0 unspecified atom stereocenters. The summed E-state index contributed by atoms with van der Waals surface area (Å²) in [7, 11) is 1.55. The fraction of sp³-hybridized carbons (Fsp3) is 0.429. The molecule has 8 nitrogen and oxygen atoms in total. The Morgan fingerprint density at radius 2 is 1.93 bits per heavy atom. The summed E-state index contributed by atoms with van der Waals surface area (Å²) in [6, 6.07) is 7.78. The second-order valence-electron chi connectivity index (χ2n) is 7.82. The van der Waals surface area contributed by atoms with E-state index in [0.717, 1.165) is 11.3 Å². The van der Waals surface area contributed by atoms with Crippen LogP contribution in [0.15, 0.2) is 42.9 Å². The summed E-state index contributed by atoms with van der Waals surface area (Å²) in [6.07, 6.45) is 3.73. The van der Waals surface area contributed by atoms with Crippen LogP contribution in [0.5, 0.6) is 0 Å². The Balaban J connectivity index is 2.17. The Hall–Kier alpha value is -3.16. The number of hydrogen-bond donors (Lipinski definition) is 2. The van der Waals surface area contributed by atoms with Crippen LogP contribution >= 0.6 is 0 Å². The van der Waals surface area contributed by atoms with Crippen LogP contribution in [-0.4, -0.2) is 57.9 Å². The lowest BCUT2D eigenvalue weighted by molar-refractivity contribution is -0.136. The Morgan fingerprint density at radius 3 is 2.48 bits per heavy atom. The maximum Gasteiger partial charge on any atom is 0.408 e. The van der Waals surface area contributed by atoms with Crippen LogP contribution in [0.3, 0.4) is 0 Å². The van der Waals surface area contributed by atoms with E-state index in [0.29, 0.717) is 12.7 Å². The highest BCUT2D eigenvalue weighted by atomic mass is 16.6. The predicted octanol–water partition coefficient (Wildman–Crippen LogP) is 2.11. The molecular weight excluding hydrogens is 372 g/mol. The number of H-pyrrole nitrogens is 1. The van der Waals surface area contributed by atoms with E-state index in [-0.39, 0.29) is 12.3 Å². The van der Waals surface area contributed by atoms with E-state index in [1.807, 2.05) is 30.3 Å². The number of aldehydes is 1. The van der Waals surface area contributed by atoms with E-state index in [2.05, 4.69) is 15.3 Å². The minimum absolute atomic E-state index is 0.277. The third kappa shape index (κ3) is 7.06. The molecule has 2 atom stereocenters. The molecule has 0 spiro atoms. The molecule has 2 N–H and O–H groups in total. The van der Waals surface area contributed by atoms with Gasteiger partial charge >= 0.3 is 6.09 Å². The van der Waals surface area contributed by atoms with Gasteiger partial charge in [0, 0.05) is 31.8 Å². The Morgan fingerprint density at radius 1 is 1.24 bits per heavy atom. The van der Waals surface area contributed by atoms with Gasteiger partial charge in [-0.25, -0.2) is 9.78 Å². The van der Waals surface area contributed by atoms with Crippen LogP contribution in [0.4, 0.5) is 4.79 Å². The first kappa shape index (κ1) is 22.1. The van der Waals surface area contributed by atoms with Crippen LogP contribution in [0.25, 0.3) is 0 Å².